The van der Waals surface area contributed by atoms with Crippen LogP contribution in [0, 0.1) is 0 Å². The third kappa shape index (κ3) is 5.28. The number of esters is 1. The number of carbonyl (C=O) groups is 1. The van der Waals surface area contributed by atoms with Gasteiger partial charge in [0.2, 0.25) is 0 Å². The van der Waals surface area contributed by atoms with Crippen LogP contribution in [0.25, 0.3) is 0 Å². The van der Waals surface area contributed by atoms with Crippen molar-refractivity contribution < 1.29 is 9.53 Å². The molecule has 0 aromatic heterocycles. The molecule has 0 atom stereocenters. The fourth-order valence-electron chi connectivity index (χ4n) is 0.143. The summed E-state index contributed by atoms with van der Waals surface area (Å²) in [6, 6.07) is 0. The van der Waals surface area contributed by atoms with Gasteiger partial charge in [-0.3, -0.25) is 4.79 Å². The molecule has 0 aliphatic heterocycles. The molecule has 0 aromatic rings. The van der Waals surface area contributed by atoms with Crippen LogP contribution in [-0.4, -0.2) is 5.97 Å². The second kappa shape index (κ2) is 4.44. The highest BCUT2D eigenvalue weighted by Crippen LogP contribution is 1.77. The minimum absolute atomic E-state index is 0.379. The summed E-state index contributed by atoms with van der Waals surface area (Å²) in [6.45, 7) is 1.30. The molecule has 0 fully saturated rings. The summed E-state index contributed by atoms with van der Waals surface area (Å²) in [5.74, 6) is -0.379. The van der Waals surface area contributed by atoms with Crippen LogP contribution in [0.1, 0.15) is 6.92 Å². The number of carbonyl (C=O) groups excluding carboxylic acids is 1. The minimum Gasteiger partial charge on any atom is -0.426 e. The zero-order chi connectivity index (χ0) is 6.41. The molecule has 0 unspecified atom stereocenters. The van der Waals surface area contributed by atoms with Gasteiger partial charge >= 0.3 is 5.97 Å². The summed E-state index contributed by atoms with van der Waals surface area (Å²) in [4.78, 5) is 9.97. The first kappa shape index (κ1) is 7.28. The minimum atomic E-state index is -0.379. The average molecular weight is 133 g/mol. The van der Waals surface area contributed by atoms with Crippen molar-refractivity contribution >= 4 is 17.6 Å². The first-order valence-electron chi connectivity index (χ1n) is 1.94. The monoisotopic (exact) mass is 132 g/mol. The van der Waals surface area contributed by atoms with Gasteiger partial charge in [0.25, 0.3) is 0 Å². The Morgan fingerprint density at radius 1 is 1.88 bits per heavy atom. The van der Waals surface area contributed by atoms with E-state index in [9.17, 15) is 4.79 Å². The van der Waals surface area contributed by atoms with Gasteiger partial charge in [0, 0.05) is 12.5 Å². The Morgan fingerprint density at radius 3 is 2.88 bits per heavy atom. The quantitative estimate of drug-likeness (QED) is 0.306. The highest BCUT2D eigenvalue weighted by Gasteiger charge is 1.80. The van der Waals surface area contributed by atoms with Crippen LogP contribution in [0.5, 0.6) is 0 Å². The fourth-order valence-corrected chi connectivity index (χ4v) is 0.194. The van der Waals surface area contributed by atoms with Crippen molar-refractivity contribution in [2.24, 2.45) is 0 Å². The van der Waals surface area contributed by atoms with Crippen molar-refractivity contribution in [1.29, 1.82) is 0 Å². The van der Waals surface area contributed by atoms with Crippen LogP contribution in [0.4, 0.5) is 0 Å². The van der Waals surface area contributed by atoms with Gasteiger partial charge in [0.15, 0.2) is 0 Å². The predicted octanol–water partition coefficient (Wildman–Crippen LogP) is 1.41. The lowest BCUT2D eigenvalue weighted by atomic mass is 10.8. The number of ether oxygens (including phenoxy) is 1. The lowest BCUT2D eigenvalue weighted by Crippen LogP contribution is -1.87. The van der Waals surface area contributed by atoms with Crippen molar-refractivity contribution in [3.8, 4) is 0 Å². The van der Waals surface area contributed by atoms with E-state index in [0.29, 0.717) is 0 Å². The molecule has 8 heavy (non-hydrogen) atoms. The Kier molecular flexibility index (Phi) is 4.04. The van der Waals surface area contributed by atoms with E-state index in [0.717, 1.165) is 11.8 Å². The topological polar surface area (TPSA) is 26.3 Å². The second-order valence-corrected chi connectivity index (χ2v) is 1.22. The number of halogens is 1. The van der Waals surface area contributed by atoms with Gasteiger partial charge in [-0.15, -0.1) is 0 Å². The first-order valence-corrected chi connectivity index (χ1v) is 2.38. The van der Waals surface area contributed by atoms with Crippen LogP contribution in [0.15, 0.2) is 17.5 Å². The summed E-state index contributed by atoms with van der Waals surface area (Å²) in [5, 5.41) is 0. The van der Waals surface area contributed by atoms with Crippen molar-refractivity contribution in [3.05, 3.63) is 17.5 Å². The van der Waals surface area contributed by atoms with Gasteiger partial charge in [-0.05, 0) is 0 Å². The molecule has 0 rings (SSSR count). The normalized spacial score (nSPS) is 6.75. The Labute approximate surface area is 52.4 Å². The molecule has 3 heteroatoms. The van der Waals surface area contributed by atoms with Gasteiger partial charge in [-0.25, -0.2) is 0 Å². The van der Waals surface area contributed by atoms with E-state index in [1.165, 1.54) is 6.92 Å². The molecule has 0 aliphatic carbocycles. The molecule has 0 amide bonds. The lowest BCUT2D eigenvalue weighted by molar-refractivity contribution is -0.135. The maximum Gasteiger partial charge on any atom is 0.308 e. The van der Waals surface area contributed by atoms with Gasteiger partial charge in [0.1, 0.15) is 6.26 Å². The summed E-state index contributed by atoms with van der Waals surface area (Å²) in [7, 11) is 0. The largest absolute Gasteiger partial charge is 0.426 e. The maximum atomic E-state index is 9.97. The molecule has 0 heterocycles. The highest BCUT2D eigenvalue weighted by molar-refractivity contribution is 6.25. The summed E-state index contributed by atoms with van der Waals surface area (Å²) >= 11 is 5.03. The Hall–Kier alpha value is -0.720. The molecule has 0 radical (unpaired) electrons. The Balaban J connectivity index is 3.45. The highest BCUT2D eigenvalue weighted by atomic mass is 35.5. The fraction of sp³-hybridized carbons (Fsp3) is 0.200. The molecule has 44 valence electrons. The van der Waals surface area contributed by atoms with Crippen LogP contribution in [-0.2, 0) is 9.53 Å². The van der Waals surface area contributed by atoms with E-state index < -0.39 is 0 Å². The van der Waals surface area contributed by atoms with Gasteiger partial charge in [-0.1, -0.05) is 17.3 Å². The Bertz CT molecular complexity index is 133. The third-order valence-corrected chi connectivity index (χ3v) is 0.482. The SMILES string of the molecule is CC(=O)OC=C=CCl. The van der Waals surface area contributed by atoms with E-state index >= 15 is 0 Å². The summed E-state index contributed by atoms with van der Waals surface area (Å²) in [5.41, 5.74) is 3.48. The van der Waals surface area contributed by atoms with Crippen molar-refractivity contribution in [3.63, 3.8) is 0 Å². The predicted molar refractivity (Wildman–Crippen MR) is 30.3 cm³/mol. The molecule has 0 saturated carbocycles. The van der Waals surface area contributed by atoms with E-state index in [1.54, 1.807) is 0 Å². The smallest absolute Gasteiger partial charge is 0.308 e. The third-order valence-electron chi connectivity index (χ3n) is 0.356. The molecular formula is C5H5ClO2. The molecule has 0 aromatic carbocycles. The van der Waals surface area contributed by atoms with E-state index in [2.05, 4.69) is 10.5 Å². The zero-order valence-corrected chi connectivity index (χ0v) is 5.11. The lowest BCUT2D eigenvalue weighted by Gasteiger charge is -1.83. The molecule has 0 aliphatic rings. The summed E-state index contributed by atoms with van der Waals surface area (Å²) < 4.78 is 4.29. The zero-order valence-electron chi connectivity index (χ0n) is 4.35. The molecule has 2 nitrogen and oxygen atoms in total. The number of hydrogen-bond donors (Lipinski definition) is 0. The molecule has 0 saturated heterocycles. The molecule has 0 spiro atoms. The second-order valence-electron chi connectivity index (χ2n) is 1.00. The number of hydrogen-bond acceptors (Lipinski definition) is 2. The number of rotatable bonds is 1. The van der Waals surface area contributed by atoms with Crippen LogP contribution in [0.2, 0.25) is 0 Å². The maximum absolute atomic E-state index is 9.97. The molecule has 0 N–H and O–H groups in total. The average Bonchev–Trinajstić information content (AvgIpc) is 1.66. The van der Waals surface area contributed by atoms with Gasteiger partial charge in [-0.2, -0.15) is 0 Å². The standard InChI is InChI=1S/C5H5ClO2/c1-5(7)8-4-2-3-6/h3-4H,1H3. The first-order chi connectivity index (χ1) is 3.77. The van der Waals surface area contributed by atoms with Crippen LogP contribution < -0.4 is 0 Å². The van der Waals surface area contributed by atoms with E-state index in [1.807, 2.05) is 0 Å². The van der Waals surface area contributed by atoms with Crippen LogP contribution in [0.3, 0.4) is 0 Å². The summed E-state index contributed by atoms with van der Waals surface area (Å²) in [6.07, 6.45) is 1.09. The van der Waals surface area contributed by atoms with Crippen molar-refractivity contribution in [2.45, 2.75) is 6.92 Å². The van der Waals surface area contributed by atoms with Gasteiger partial charge < -0.3 is 4.74 Å². The van der Waals surface area contributed by atoms with E-state index in [4.69, 9.17) is 11.6 Å². The Morgan fingerprint density at radius 2 is 2.50 bits per heavy atom. The molecular weight excluding hydrogens is 128 g/mol. The van der Waals surface area contributed by atoms with Crippen LogP contribution >= 0.6 is 11.6 Å². The van der Waals surface area contributed by atoms with Crippen molar-refractivity contribution in [1.82, 2.24) is 0 Å². The van der Waals surface area contributed by atoms with Crippen molar-refractivity contribution in [2.75, 3.05) is 0 Å². The van der Waals surface area contributed by atoms with E-state index in [-0.39, 0.29) is 5.97 Å². The van der Waals surface area contributed by atoms with Gasteiger partial charge in [0.05, 0.1) is 0 Å². The molecule has 0 bridgehead atoms.